The second-order valence-electron chi connectivity index (χ2n) is 5.11. The molecule has 2 N–H and O–H groups in total. The number of amides is 2. The highest BCUT2D eigenvalue weighted by Gasteiger charge is 2.04. The summed E-state index contributed by atoms with van der Waals surface area (Å²) in [6, 6.07) is 15.4. The van der Waals surface area contributed by atoms with Gasteiger partial charge in [-0.1, -0.05) is 35.9 Å². The van der Waals surface area contributed by atoms with Crippen molar-refractivity contribution in [1.29, 1.82) is 0 Å². The van der Waals surface area contributed by atoms with Crippen molar-refractivity contribution in [1.82, 2.24) is 10.6 Å². The summed E-state index contributed by atoms with van der Waals surface area (Å²) in [6.45, 7) is 1.62. The summed E-state index contributed by atoms with van der Waals surface area (Å²) in [6.07, 6.45) is 0. The Balaban J connectivity index is 1.67. The summed E-state index contributed by atoms with van der Waals surface area (Å²) < 4.78 is 5.16. The molecule has 2 amide bonds. The number of benzene rings is 2. The first kappa shape index (κ1) is 18.6. The zero-order valence-corrected chi connectivity index (χ0v) is 15.1. The topological polar surface area (TPSA) is 50.4 Å². The summed E-state index contributed by atoms with van der Waals surface area (Å²) >= 11 is 7.53. The fraction of sp³-hybridized carbons (Fsp3) is 0.278. The minimum Gasteiger partial charge on any atom is -0.380 e. The lowest BCUT2D eigenvalue weighted by atomic mass is 10.1. The molecule has 0 heterocycles. The van der Waals surface area contributed by atoms with Crippen molar-refractivity contribution in [2.75, 3.05) is 19.4 Å². The Labute approximate surface area is 151 Å². The summed E-state index contributed by atoms with van der Waals surface area (Å²) in [5, 5.41) is 6.46. The molecule has 2 aromatic carbocycles. The van der Waals surface area contributed by atoms with E-state index in [4.69, 9.17) is 16.3 Å². The molecule has 2 aromatic rings. The van der Waals surface area contributed by atoms with Gasteiger partial charge in [0.1, 0.15) is 0 Å². The highest BCUT2D eigenvalue weighted by molar-refractivity contribution is 7.99. The maximum Gasteiger partial charge on any atom is 0.315 e. The average molecular weight is 365 g/mol. The lowest BCUT2D eigenvalue weighted by molar-refractivity contribution is 0.184. The Bertz CT molecular complexity index is 650. The highest BCUT2D eigenvalue weighted by Crippen LogP contribution is 2.19. The smallest absolute Gasteiger partial charge is 0.315 e. The number of nitrogens with one attached hydrogen (secondary N) is 2. The number of ether oxygens (including phenoxy) is 1. The Morgan fingerprint density at radius 2 is 1.79 bits per heavy atom. The predicted octanol–water partition coefficient (Wildman–Crippen LogP) is 4.08. The van der Waals surface area contributed by atoms with Crippen molar-refractivity contribution in [2.24, 2.45) is 0 Å². The molecule has 0 spiro atoms. The molecule has 0 fully saturated rings. The molecular weight excluding hydrogens is 344 g/mol. The third-order valence-electron chi connectivity index (χ3n) is 3.33. The van der Waals surface area contributed by atoms with Crippen LogP contribution in [0.2, 0.25) is 5.02 Å². The third-order valence-corrected chi connectivity index (χ3v) is 4.59. The number of halogens is 1. The van der Waals surface area contributed by atoms with Crippen LogP contribution in [0.15, 0.2) is 53.4 Å². The minimum atomic E-state index is -0.168. The molecule has 0 unspecified atom stereocenters. The van der Waals surface area contributed by atoms with Gasteiger partial charge < -0.3 is 15.4 Å². The van der Waals surface area contributed by atoms with Crippen molar-refractivity contribution in [3.63, 3.8) is 0 Å². The van der Waals surface area contributed by atoms with E-state index in [2.05, 4.69) is 10.6 Å². The zero-order valence-electron chi connectivity index (χ0n) is 13.5. The number of carbonyl (C=O) groups excluding carboxylic acids is 1. The summed E-state index contributed by atoms with van der Waals surface area (Å²) in [5.74, 6) is 0.801. The molecule has 24 heavy (non-hydrogen) atoms. The molecule has 4 nitrogen and oxygen atoms in total. The van der Waals surface area contributed by atoms with Crippen LogP contribution >= 0.6 is 23.4 Å². The van der Waals surface area contributed by atoms with E-state index >= 15 is 0 Å². The van der Waals surface area contributed by atoms with E-state index in [1.165, 1.54) is 0 Å². The van der Waals surface area contributed by atoms with E-state index in [9.17, 15) is 4.79 Å². The average Bonchev–Trinajstić information content (AvgIpc) is 2.60. The number of urea groups is 1. The molecule has 2 rings (SSSR count). The standard InChI is InChI=1S/C18H21ClN2O2S/c1-23-13-15-5-3-2-4-14(15)12-21-18(22)20-10-11-24-17-8-6-16(19)7-9-17/h2-9H,10-13H2,1H3,(H2,20,21,22). The van der Waals surface area contributed by atoms with Crippen molar-refractivity contribution < 1.29 is 9.53 Å². The number of thioether (sulfide) groups is 1. The molecule has 0 saturated heterocycles. The molecule has 0 bridgehead atoms. The maximum atomic E-state index is 11.9. The molecule has 0 aliphatic heterocycles. The van der Waals surface area contributed by atoms with Gasteiger partial charge in [-0.3, -0.25) is 0 Å². The number of hydrogen-bond acceptors (Lipinski definition) is 3. The lowest BCUT2D eigenvalue weighted by Crippen LogP contribution is -2.36. The zero-order chi connectivity index (χ0) is 17.2. The lowest BCUT2D eigenvalue weighted by Gasteiger charge is -2.11. The van der Waals surface area contributed by atoms with E-state index in [0.717, 1.165) is 26.8 Å². The summed E-state index contributed by atoms with van der Waals surface area (Å²) in [7, 11) is 1.66. The van der Waals surface area contributed by atoms with Gasteiger partial charge in [-0.05, 0) is 35.4 Å². The van der Waals surface area contributed by atoms with Crippen LogP contribution < -0.4 is 10.6 Å². The molecular formula is C18H21ClN2O2S. The largest absolute Gasteiger partial charge is 0.380 e. The summed E-state index contributed by atoms with van der Waals surface area (Å²) in [4.78, 5) is 13.0. The molecule has 0 saturated carbocycles. The predicted molar refractivity (Wildman–Crippen MR) is 99.6 cm³/mol. The highest BCUT2D eigenvalue weighted by atomic mass is 35.5. The van der Waals surface area contributed by atoms with E-state index < -0.39 is 0 Å². The van der Waals surface area contributed by atoms with Crippen molar-refractivity contribution >= 4 is 29.4 Å². The van der Waals surface area contributed by atoms with E-state index in [1.54, 1.807) is 18.9 Å². The van der Waals surface area contributed by atoms with Crippen LogP contribution in [0.1, 0.15) is 11.1 Å². The molecule has 6 heteroatoms. The second kappa shape index (κ2) is 10.2. The van der Waals surface area contributed by atoms with Crippen molar-refractivity contribution in [3.8, 4) is 0 Å². The SMILES string of the molecule is COCc1ccccc1CNC(=O)NCCSc1ccc(Cl)cc1. The first-order chi connectivity index (χ1) is 11.7. The van der Waals surface area contributed by atoms with Crippen LogP contribution in [-0.4, -0.2) is 25.4 Å². The van der Waals surface area contributed by atoms with E-state index in [-0.39, 0.29) is 6.03 Å². The number of rotatable bonds is 8. The van der Waals surface area contributed by atoms with Crippen LogP contribution in [0, 0.1) is 0 Å². The van der Waals surface area contributed by atoms with Crippen molar-refractivity contribution in [2.45, 2.75) is 18.0 Å². The number of methoxy groups -OCH3 is 1. The van der Waals surface area contributed by atoms with Gasteiger partial charge in [0, 0.05) is 35.9 Å². The molecule has 0 aliphatic rings. The molecule has 0 aliphatic carbocycles. The minimum absolute atomic E-state index is 0.168. The Hall–Kier alpha value is -1.69. The van der Waals surface area contributed by atoms with Gasteiger partial charge in [-0.25, -0.2) is 4.79 Å². The van der Waals surface area contributed by atoms with Gasteiger partial charge in [0.2, 0.25) is 0 Å². The van der Waals surface area contributed by atoms with Crippen LogP contribution in [0.3, 0.4) is 0 Å². The Kier molecular flexibility index (Phi) is 7.95. The molecule has 0 radical (unpaired) electrons. The molecule has 0 atom stereocenters. The molecule has 0 aromatic heterocycles. The second-order valence-corrected chi connectivity index (χ2v) is 6.72. The summed E-state index contributed by atoms with van der Waals surface area (Å²) in [5.41, 5.74) is 2.14. The third kappa shape index (κ3) is 6.43. The van der Waals surface area contributed by atoms with Gasteiger partial charge in [-0.2, -0.15) is 0 Å². The normalized spacial score (nSPS) is 10.4. The van der Waals surface area contributed by atoms with Crippen LogP contribution in [0.25, 0.3) is 0 Å². The van der Waals surface area contributed by atoms with Crippen LogP contribution in [0.4, 0.5) is 4.79 Å². The van der Waals surface area contributed by atoms with Gasteiger partial charge in [-0.15, -0.1) is 11.8 Å². The van der Waals surface area contributed by atoms with E-state index in [0.29, 0.717) is 19.7 Å². The first-order valence-corrected chi connectivity index (χ1v) is 9.01. The fourth-order valence-electron chi connectivity index (χ4n) is 2.13. The Morgan fingerprint density at radius 3 is 2.50 bits per heavy atom. The van der Waals surface area contributed by atoms with Gasteiger partial charge in [0.05, 0.1) is 6.61 Å². The maximum absolute atomic E-state index is 11.9. The first-order valence-electron chi connectivity index (χ1n) is 7.65. The van der Waals surface area contributed by atoms with Gasteiger partial charge >= 0.3 is 6.03 Å². The van der Waals surface area contributed by atoms with Gasteiger partial charge in [0.25, 0.3) is 0 Å². The Morgan fingerprint density at radius 1 is 1.08 bits per heavy atom. The monoisotopic (exact) mass is 364 g/mol. The van der Waals surface area contributed by atoms with E-state index in [1.807, 2.05) is 48.5 Å². The van der Waals surface area contributed by atoms with Crippen LogP contribution in [0.5, 0.6) is 0 Å². The van der Waals surface area contributed by atoms with Crippen molar-refractivity contribution in [3.05, 3.63) is 64.7 Å². The van der Waals surface area contributed by atoms with Gasteiger partial charge in [0.15, 0.2) is 0 Å². The fourth-order valence-corrected chi connectivity index (χ4v) is 3.02. The number of carbonyl (C=O) groups is 1. The quantitative estimate of drug-likeness (QED) is 0.548. The van der Waals surface area contributed by atoms with Crippen LogP contribution in [-0.2, 0) is 17.9 Å². The molecule has 128 valence electrons. The number of hydrogen-bond donors (Lipinski definition) is 2.